The Hall–Kier alpha value is -2.02. The van der Waals surface area contributed by atoms with E-state index in [2.05, 4.69) is 0 Å². The van der Waals surface area contributed by atoms with Gasteiger partial charge in [0.25, 0.3) is 5.69 Å². The summed E-state index contributed by atoms with van der Waals surface area (Å²) in [5.41, 5.74) is -0.560. The van der Waals surface area contributed by atoms with E-state index in [0.29, 0.717) is 30.5 Å². The quantitative estimate of drug-likeness (QED) is 0.583. The van der Waals surface area contributed by atoms with Gasteiger partial charge in [0.15, 0.2) is 0 Å². The highest BCUT2D eigenvalue weighted by molar-refractivity contribution is 6.32. The van der Waals surface area contributed by atoms with Crippen molar-refractivity contribution in [2.75, 3.05) is 19.7 Å². The van der Waals surface area contributed by atoms with Gasteiger partial charge in [0, 0.05) is 19.2 Å². The summed E-state index contributed by atoms with van der Waals surface area (Å²) in [5, 5.41) is 11.2. The van der Waals surface area contributed by atoms with Crippen molar-refractivity contribution in [2.24, 2.45) is 5.92 Å². The van der Waals surface area contributed by atoms with Crippen LogP contribution in [0, 0.1) is 16.0 Å². The Bertz CT molecular complexity index is 636. The maximum atomic E-state index is 12.0. The summed E-state index contributed by atoms with van der Waals surface area (Å²) >= 11 is 6.03. The number of rotatable bonds is 4. The van der Waals surface area contributed by atoms with E-state index >= 15 is 0 Å². The van der Waals surface area contributed by atoms with Gasteiger partial charge in [-0.15, -0.1) is 0 Å². The van der Waals surface area contributed by atoms with Crippen molar-refractivity contribution in [3.8, 4) is 5.75 Å². The van der Waals surface area contributed by atoms with Crippen LogP contribution in [0.15, 0.2) is 18.2 Å². The third-order valence-electron chi connectivity index (χ3n) is 3.87. The molecule has 1 aromatic carbocycles. The van der Waals surface area contributed by atoms with Gasteiger partial charge in [0.1, 0.15) is 11.4 Å². The number of halogens is 1. The number of nitrogens with zero attached hydrogens (tertiary/aromatic N) is 2. The van der Waals surface area contributed by atoms with Crippen molar-refractivity contribution >= 4 is 23.4 Å². The van der Waals surface area contributed by atoms with Crippen molar-refractivity contribution in [1.29, 1.82) is 0 Å². The molecule has 0 spiro atoms. The minimum Gasteiger partial charge on any atom is -0.491 e. The average molecular weight is 371 g/mol. The number of likely N-dealkylation sites (tertiary alicyclic amines) is 1. The van der Waals surface area contributed by atoms with Crippen molar-refractivity contribution in [3.63, 3.8) is 0 Å². The normalized spacial score (nSPS) is 15.8. The third kappa shape index (κ3) is 5.77. The lowest BCUT2D eigenvalue weighted by Gasteiger charge is -2.33. The SMILES string of the molecule is CC(C)(C)OC(=O)N1CCC(COc2cc([N+](=O)[O-])ccc2Cl)CC1. The van der Waals surface area contributed by atoms with E-state index < -0.39 is 10.5 Å². The number of nitro benzene ring substituents is 1. The van der Waals surface area contributed by atoms with Gasteiger partial charge >= 0.3 is 6.09 Å². The van der Waals surface area contributed by atoms with E-state index in [4.69, 9.17) is 21.1 Å². The minimum absolute atomic E-state index is 0.0563. The Morgan fingerprint density at radius 1 is 1.36 bits per heavy atom. The molecule has 7 nitrogen and oxygen atoms in total. The standard InChI is InChI=1S/C17H23ClN2O5/c1-17(2,3)25-16(21)19-8-6-12(7-9-19)11-24-15-10-13(20(22)23)4-5-14(15)18/h4-5,10,12H,6-9,11H2,1-3H3. The first kappa shape index (κ1) is 19.3. The maximum Gasteiger partial charge on any atom is 0.410 e. The number of hydrogen-bond acceptors (Lipinski definition) is 5. The molecule has 1 heterocycles. The van der Waals surface area contributed by atoms with Crippen LogP contribution in [-0.2, 0) is 4.74 Å². The largest absolute Gasteiger partial charge is 0.491 e. The van der Waals surface area contributed by atoms with E-state index in [-0.39, 0.29) is 17.7 Å². The van der Waals surface area contributed by atoms with Crippen LogP contribution in [0.1, 0.15) is 33.6 Å². The monoisotopic (exact) mass is 370 g/mol. The summed E-state index contributed by atoms with van der Waals surface area (Å²) in [6, 6.07) is 4.13. The molecule has 0 N–H and O–H groups in total. The molecule has 0 radical (unpaired) electrons. The predicted molar refractivity (Wildman–Crippen MR) is 94.1 cm³/mol. The average Bonchev–Trinajstić information content (AvgIpc) is 2.52. The van der Waals surface area contributed by atoms with Crippen LogP contribution in [-0.4, -0.2) is 41.2 Å². The topological polar surface area (TPSA) is 81.9 Å². The Morgan fingerprint density at radius 2 is 2.00 bits per heavy atom. The number of carbonyl (C=O) groups excluding carboxylic acids is 1. The first-order valence-corrected chi connectivity index (χ1v) is 8.58. The van der Waals surface area contributed by atoms with E-state index in [1.54, 1.807) is 4.90 Å². The van der Waals surface area contributed by atoms with Crippen LogP contribution in [0.3, 0.4) is 0 Å². The molecule has 1 fully saturated rings. The highest BCUT2D eigenvalue weighted by Gasteiger charge is 2.27. The predicted octanol–water partition coefficient (Wildman–Crippen LogP) is 4.27. The lowest BCUT2D eigenvalue weighted by atomic mass is 9.98. The van der Waals surface area contributed by atoms with Gasteiger partial charge in [0.05, 0.1) is 22.6 Å². The van der Waals surface area contributed by atoms with Crippen LogP contribution in [0.5, 0.6) is 5.75 Å². The molecule has 1 aliphatic rings. The number of piperidine rings is 1. The molecule has 1 amide bonds. The fourth-order valence-corrected chi connectivity index (χ4v) is 2.70. The Kier molecular flexibility index (Phi) is 6.11. The summed E-state index contributed by atoms with van der Waals surface area (Å²) < 4.78 is 11.0. The van der Waals surface area contributed by atoms with Gasteiger partial charge in [0.2, 0.25) is 0 Å². The van der Waals surface area contributed by atoms with Crippen molar-refractivity contribution in [3.05, 3.63) is 33.3 Å². The summed E-state index contributed by atoms with van der Waals surface area (Å²) in [5.74, 6) is 0.569. The second-order valence-electron chi connectivity index (χ2n) is 7.09. The first-order chi connectivity index (χ1) is 11.7. The lowest BCUT2D eigenvalue weighted by molar-refractivity contribution is -0.384. The molecular weight excluding hydrogens is 348 g/mol. The summed E-state index contributed by atoms with van der Waals surface area (Å²) in [7, 11) is 0. The van der Waals surface area contributed by atoms with E-state index in [1.807, 2.05) is 20.8 Å². The van der Waals surface area contributed by atoms with Crippen LogP contribution < -0.4 is 4.74 Å². The van der Waals surface area contributed by atoms with Gasteiger partial charge in [-0.1, -0.05) is 11.6 Å². The van der Waals surface area contributed by atoms with Crippen LogP contribution in [0.2, 0.25) is 5.02 Å². The second-order valence-corrected chi connectivity index (χ2v) is 7.50. The van der Waals surface area contributed by atoms with Crippen LogP contribution in [0.4, 0.5) is 10.5 Å². The Balaban J connectivity index is 1.84. The van der Waals surface area contributed by atoms with Gasteiger partial charge < -0.3 is 14.4 Å². The molecular formula is C17H23ClN2O5. The molecule has 0 atom stereocenters. The zero-order valence-electron chi connectivity index (χ0n) is 14.7. The Morgan fingerprint density at radius 3 is 2.56 bits per heavy atom. The van der Waals surface area contributed by atoms with Crippen LogP contribution in [0.25, 0.3) is 0 Å². The zero-order valence-corrected chi connectivity index (χ0v) is 15.4. The van der Waals surface area contributed by atoms with Gasteiger partial charge in [-0.25, -0.2) is 4.79 Å². The molecule has 138 valence electrons. The van der Waals surface area contributed by atoms with Crippen molar-refractivity contribution < 1.29 is 19.2 Å². The number of benzene rings is 1. The van der Waals surface area contributed by atoms with Gasteiger partial charge in [-0.05, 0) is 45.6 Å². The molecule has 1 saturated heterocycles. The Labute approximate surface area is 152 Å². The number of nitro groups is 1. The smallest absolute Gasteiger partial charge is 0.410 e. The molecule has 25 heavy (non-hydrogen) atoms. The van der Waals surface area contributed by atoms with Gasteiger partial charge in [-0.2, -0.15) is 0 Å². The fraction of sp³-hybridized carbons (Fsp3) is 0.588. The fourth-order valence-electron chi connectivity index (χ4n) is 2.53. The molecule has 0 aliphatic carbocycles. The van der Waals surface area contributed by atoms with Crippen molar-refractivity contribution in [2.45, 2.75) is 39.2 Å². The number of ether oxygens (including phenoxy) is 2. The van der Waals surface area contributed by atoms with Crippen molar-refractivity contribution in [1.82, 2.24) is 4.90 Å². The number of hydrogen-bond donors (Lipinski definition) is 0. The van der Waals surface area contributed by atoms with Crippen LogP contribution >= 0.6 is 11.6 Å². The molecule has 8 heteroatoms. The number of carbonyl (C=O) groups is 1. The lowest BCUT2D eigenvalue weighted by Crippen LogP contribution is -2.42. The van der Waals surface area contributed by atoms with E-state index in [1.165, 1.54) is 18.2 Å². The molecule has 1 aromatic rings. The summed E-state index contributed by atoms with van der Waals surface area (Å²) in [6.07, 6.45) is 1.27. The van der Waals surface area contributed by atoms with E-state index in [0.717, 1.165) is 12.8 Å². The molecule has 2 rings (SSSR count). The first-order valence-electron chi connectivity index (χ1n) is 8.20. The molecule has 0 saturated carbocycles. The third-order valence-corrected chi connectivity index (χ3v) is 4.18. The molecule has 0 bridgehead atoms. The molecule has 0 aromatic heterocycles. The highest BCUT2D eigenvalue weighted by atomic mass is 35.5. The highest BCUT2D eigenvalue weighted by Crippen LogP contribution is 2.30. The number of amides is 1. The molecule has 0 unspecified atom stereocenters. The van der Waals surface area contributed by atoms with E-state index in [9.17, 15) is 14.9 Å². The zero-order chi connectivity index (χ0) is 18.6. The number of non-ortho nitro benzene ring substituents is 1. The van der Waals surface area contributed by atoms with Gasteiger partial charge in [-0.3, -0.25) is 10.1 Å². The summed E-state index contributed by atoms with van der Waals surface area (Å²) in [4.78, 5) is 24.1. The second kappa shape index (κ2) is 7.91. The summed E-state index contributed by atoms with van der Waals surface area (Å²) in [6.45, 7) is 7.14. The minimum atomic E-state index is -0.504. The maximum absolute atomic E-state index is 12.0. The molecule has 1 aliphatic heterocycles.